The normalized spacial score (nSPS) is 17.8. The summed E-state index contributed by atoms with van der Waals surface area (Å²) in [6.45, 7) is 1.92. The molecule has 1 rings (SSSR count). The highest BCUT2D eigenvalue weighted by Crippen LogP contribution is 1.95. The first-order valence-corrected chi connectivity index (χ1v) is 5.33. The summed E-state index contributed by atoms with van der Waals surface area (Å²) < 4.78 is 5.07. The third-order valence-electron chi connectivity index (χ3n) is 2.25. The van der Waals surface area contributed by atoms with E-state index in [0.29, 0.717) is 26.3 Å². The van der Waals surface area contributed by atoms with E-state index in [4.69, 9.17) is 14.9 Å². The number of nitrogens with zero attached hydrogens (tertiary/aromatic N) is 1. The van der Waals surface area contributed by atoms with E-state index in [1.54, 1.807) is 5.01 Å². The molecule has 0 aliphatic carbocycles. The fraction of sp³-hybridized carbons (Fsp3) is 0.667. The lowest BCUT2D eigenvalue weighted by atomic mass is 10.2. The molecule has 0 radical (unpaired) electrons. The number of morpholine rings is 1. The molecule has 4 N–H and O–H groups in total. The van der Waals surface area contributed by atoms with Crippen LogP contribution in [0.25, 0.3) is 0 Å². The van der Waals surface area contributed by atoms with Crippen LogP contribution in [0.2, 0.25) is 0 Å². The molecule has 1 atom stereocenters. The molecule has 1 fully saturated rings. The molecule has 0 spiro atoms. The Balaban J connectivity index is 2.40. The van der Waals surface area contributed by atoms with Crippen LogP contribution in [-0.2, 0) is 14.3 Å². The minimum absolute atomic E-state index is 0.470. The largest absolute Gasteiger partial charge is 0.481 e. The summed E-state index contributed by atoms with van der Waals surface area (Å²) in [5, 5.41) is 20.9. The predicted octanol–water partition coefficient (Wildman–Crippen LogP) is -1.54. The fourth-order valence-corrected chi connectivity index (χ4v) is 1.38. The molecule has 9 nitrogen and oxygen atoms in total. The Morgan fingerprint density at radius 3 is 2.33 bits per heavy atom. The first-order chi connectivity index (χ1) is 8.49. The van der Waals surface area contributed by atoms with E-state index >= 15 is 0 Å². The number of amides is 2. The highest BCUT2D eigenvalue weighted by Gasteiger charge is 2.24. The van der Waals surface area contributed by atoms with Crippen molar-refractivity contribution in [2.45, 2.75) is 12.5 Å². The zero-order valence-corrected chi connectivity index (χ0v) is 9.59. The molecule has 0 aromatic carbocycles. The Bertz CT molecular complexity index is 328. The molecule has 0 saturated carbocycles. The van der Waals surface area contributed by atoms with Crippen LogP contribution in [0.3, 0.4) is 0 Å². The number of nitrogens with one attached hydrogen (secondary N) is 2. The lowest BCUT2D eigenvalue weighted by Crippen LogP contribution is -2.55. The second-order valence-electron chi connectivity index (χ2n) is 3.67. The van der Waals surface area contributed by atoms with Crippen molar-refractivity contribution in [2.24, 2.45) is 0 Å². The van der Waals surface area contributed by atoms with Crippen molar-refractivity contribution in [1.29, 1.82) is 0 Å². The average Bonchev–Trinajstić information content (AvgIpc) is 2.28. The first kappa shape index (κ1) is 14.2. The van der Waals surface area contributed by atoms with Crippen LogP contribution in [0.1, 0.15) is 6.42 Å². The van der Waals surface area contributed by atoms with Crippen LogP contribution < -0.4 is 10.7 Å². The second kappa shape index (κ2) is 6.77. The zero-order chi connectivity index (χ0) is 13.5. The SMILES string of the molecule is O=C(O)C[C@@H](NC(=O)NN1CCOCC1)C(=O)O. The minimum Gasteiger partial charge on any atom is -0.481 e. The van der Waals surface area contributed by atoms with Gasteiger partial charge in [-0.3, -0.25) is 10.2 Å². The summed E-state index contributed by atoms with van der Waals surface area (Å²) >= 11 is 0. The monoisotopic (exact) mass is 261 g/mol. The maximum absolute atomic E-state index is 11.4. The molecular weight excluding hydrogens is 246 g/mol. The summed E-state index contributed by atoms with van der Waals surface area (Å²) in [6.07, 6.45) is -0.675. The molecule has 18 heavy (non-hydrogen) atoms. The van der Waals surface area contributed by atoms with Crippen molar-refractivity contribution in [1.82, 2.24) is 15.8 Å². The maximum Gasteiger partial charge on any atom is 0.330 e. The number of ether oxygens (including phenoxy) is 1. The smallest absolute Gasteiger partial charge is 0.330 e. The summed E-state index contributed by atoms with van der Waals surface area (Å²) in [5.74, 6) is -2.69. The Kier molecular flexibility index (Phi) is 5.33. The number of carbonyl (C=O) groups excluding carboxylic acids is 1. The standard InChI is InChI=1S/C9H15N3O6/c13-7(14)5-6(8(15)16)10-9(17)11-12-1-3-18-4-2-12/h6H,1-5H2,(H,13,14)(H,15,16)(H2,10,11,17)/t6-/m1/s1. The molecule has 2 amide bonds. The van der Waals surface area contributed by atoms with Gasteiger partial charge in [-0.15, -0.1) is 0 Å². The van der Waals surface area contributed by atoms with Gasteiger partial charge in [0.2, 0.25) is 0 Å². The molecule has 0 unspecified atom stereocenters. The molecule has 1 aliphatic heterocycles. The van der Waals surface area contributed by atoms with Crippen LogP contribution >= 0.6 is 0 Å². The van der Waals surface area contributed by atoms with Crippen molar-refractivity contribution in [3.63, 3.8) is 0 Å². The molecular formula is C9H15N3O6. The number of carbonyl (C=O) groups is 3. The average molecular weight is 261 g/mol. The Morgan fingerprint density at radius 2 is 1.83 bits per heavy atom. The van der Waals surface area contributed by atoms with E-state index < -0.39 is 30.4 Å². The van der Waals surface area contributed by atoms with Gasteiger partial charge in [-0.2, -0.15) is 0 Å². The van der Waals surface area contributed by atoms with Gasteiger partial charge in [-0.25, -0.2) is 14.6 Å². The van der Waals surface area contributed by atoms with Crippen LogP contribution in [0.5, 0.6) is 0 Å². The van der Waals surface area contributed by atoms with Crippen molar-refractivity contribution in [3.05, 3.63) is 0 Å². The molecule has 9 heteroatoms. The summed E-state index contributed by atoms with van der Waals surface area (Å²) in [6, 6.07) is -2.20. The van der Waals surface area contributed by atoms with Crippen LogP contribution in [0.4, 0.5) is 4.79 Å². The van der Waals surface area contributed by atoms with Crippen LogP contribution in [-0.4, -0.2) is 65.5 Å². The van der Waals surface area contributed by atoms with E-state index in [9.17, 15) is 14.4 Å². The molecule has 102 valence electrons. The predicted molar refractivity (Wildman–Crippen MR) is 57.7 cm³/mol. The molecule has 1 aliphatic rings. The number of carboxylic acids is 2. The number of hydrogen-bond donors (Lipinski definition) is 4. The molecule has 1 saturated heterocycles. The number of rotatable bonds is 5. The minimum atomic E-state index is -1.46. The van der Waals surface area contributed by atoms with Crippen molar-refractivity contribution < 1.29 is 29.3 Å². The Labute approximate surface area is 103 Å². The highest BCUT2D eigenvalue weighted by atomic mass is 16.5. The first-order valence-electron chi connectivity index (χ1n) is 5.33. The molecule has 0 aromatic heterocycles. The van der Waals surface area contributed by atoms with E-state index in [1.165, 1.54) is 0 Å². The number of urea groups is 1. The molecule has 0 aromatic rings. The van der Waals surface area contributed by atoms with Gasteiger partial charge in [0.05, 0.1) is 19.6 Å². The lowest BCUT2D eigenvalue weighted by molar-refractivity contribution is -0.145. The van der Waals surface area contributed by atoms with Crippen molar-refractivity contribution in [2.75, 3.05) is 26.3 Å². The van der Waals surface area contributed by atoms with Crippen LogP contribution in [0, 0.1) is 0 Å². The summed E-state index contributed by atoms with van der Waals surface area (Å²) in [7, 11) is 0. The van der Waals surface area contributed by atoms with Crippen molar-refractivity contribution in [3.8, 4) is 0 Å². The summed E-state index contributed by atoms with van der Waals surface area (Å²) in [5.41, 5.74) is 2.42. The van der Waals surface area contributed by atoms with E-state index in [1.807, 2.05) is 0 Å². The fourth-order valence-electron chi connectivity index (χ4n) is 1.38. The Morgan fingerprint density at radius 1 is 1.22 bits per heavy atom. The third-order valence-corrected chi connectivity index (χ3v) is 2.25. The quantitative estimate of drug-likeness (QED) is 0.472. The van der Waals surface area contributed by atoms with E-state index in [2.05, 4.69) is 10.7 Å². The van der Waals surface area contributed by atoms with Gasteiger partial charge in [-0.1, -0.05) is 0 Å². The molecule has 1 heterocycles. The number of carboxylic acid groups (broad SMARTS) is 2. The maximum atomic E-state index is 11.4. The van der Waals surface area contributed by atoms with Gasteiger partial charge in [0.15, 0.2) is 0 Å². The van der Waals surface area contributed by atoms with Gasteiger partial charge >= 0.3 is 18.0 Å². The van der Waals surface area contributed by atoms with Crippen molar-refractivity contribution >= 4 is 18.0 Å². The third kappa shape index (κ3) is 4.97. The molecule has 0 bridgehead atoms. The zero-order valence-electron chi connectivity index (χ0n) is 9.59. The van der Waals surface area contributed by atoms with Gasteiger partial charge in [0.25, 0.3) is 0 Å². The number of hydrogen-bond acceptors (Lipinski definition) is 5. The Hall–Kier alpha value is -1.87. The van der Waals surface area contributed by atoms with E-state index in [0.717, 1.165) is 0 Å². The topological polar surface area (TPSA) is 128 Å². The van der Waals surface area contributed by atoms with Gasteiger partial charge in [0, 0.05) is 13.1 Å². The lowest BCUT2D eigenvalue weighted by Gasteiger charge is -2.27. The van der Waals surface area contributed by atoms with Gasteiger partial charge in [0.1, 0.15) is 6.04 Å². The summed E-state index contributed by atoms with van der Waals surface area (Å²) in [4.78, 5) is 32.6. The second-order valence-corrected chi connectivity index (χ2v) is 3.67. The van der Waals surface area contributed by atoms with Crippen LogP contribution in [0.15, 0.2) is 0 Å². The highest BCUT2D eigenvalue weighted by molar-refractivity contribution is 5.85. The van der Waals surface area contributed by atoms with Gasteiger partial charge in [-0.05, 0) is 0 Å². The van der Waals surface area contributed by atoms with E-state index in [-0.39, 0.29) is 0 Å². The number of hydrazine groups is 1. The van der Waals surface area contributed by atoms with Gasteiger partial charge < -0.3 is 20.3 Å². The number of aliphatic carboxylic acids is 2.